The number of benzene rings is 1. The van der Waals surface area contributed by atoms with Crippen LogP contribution in [0.15, 0.2) is 24.8 Å². The number of ether oxygens (including phenoxy) is 2. The Morgan fingerprint density at radius 3 is 2.87 bits per heavy atom. The van der Waals surface area contributed by atoms with Crippen LogP contribution in [0.2, 0.25) is 0 Å². The van der Waals surface area contributed by atoms with Gasteiger partial charge in [0.2, 0.25) is 0 Å². The molecule has 15 heavy (non-hydrogen) atoms. The monoisotopic (exact) mass is 203 g/mol. The molecule has 0 heterocycles. The van der Waals surface area contributed by atoms with E-state index in [-0.39, 0.29) is 0 Å². The fourth-order valence-electron chi connectivity index (χ4n) is 1.19. The van der Waals surface area contributed by atoms with Gasteiger partial charge in [-0.1, -0.05) is 24.8 Å². The van der Waals surface area contributed by atoms with Crippen LogP contribution in [0.5, 0.6) is 5.75 Å². The van der Waals surface area contributed by atoms with E-state index in [1.807, 2.05) is 12.1 Å². The highest BCUT2D eigenvalue weighted by atomic mass is 16.5. The van der Waals surface area contributed by atoms with E-state index < -0.39 is 0 Å². The molecule has 3 nitrogen and oxygen atoms in total. The molecule has 0 amide bonds. The van der Waals surface area contributed by atoms with Crippen molar-refractivity contribution in [3.05, 3.63) is 35.9 Å². The average molecular weight is 203 g/mol. The quantitative estimate of drug-likeness (QED) is 0.689. The van der Waals surface area contributed by atoms with Gasteiger partial charge in [-0.05, 0) is 11.6 Å². The molecule has 3 heteroatoms. The topological polar surface area (TPSA) is 42.2 Å². The van der Waals surface area contributed by atoms with E-state index in [9.17, 15) is 0 Å². The summed E-state index contributed by atoms with van der Waals surface area (Å²) in [4.78, 5) is 0. The minimum Gasteiger partial charge on any atom is -0.490 e. The van der Waals surface area contributed by atoms with Crippen molar-refractivity contribution in [3.8, 4) is 11.8 Å². The molecule has 0 spiro atoms. The summed E-state index contributed by atoms with van der Waals surface area (Å²) in [5, 5.41) is 8.98. The molecule has 0 saturated carbocycles. The van der Waals surface area contributed by atoms with Crippen molar-refractivity contribution >= 4 is 6.08 Å². The maximum atomic E-state index is 8.98. The molecule has 78 valence electrons. The Bertz CT molecular complexity index is 380. The third-order valence-electron chi connectivity index (χ3n) is 1.94. The highest BCUT2D eigenvalue weighted by molar-refractivity contribution is 5.61. The molecule has 1 rings (SSSR count). The lowest BCUT2D eigenvalue weighted by atomic mass is 10.1. The first-order valence-corrected chi connectivity index (χ1v) is 4.60. The van der Waals surface area contributed by atoms with Crippen LogP contribution in [0.1, 0.15) is 11.1 Å². The van der Waals surface area contributed by atoms with E-state index in [0.29, 0.717) is 24.5 Å². The number of nitriles is 1. The second-order valence-electron chi connectivity index (χ2n) is 2.88. The van der Waals surface area contributed by atoms with Gasteiger partial charge in [-0.2, -0.15) is 5.26 Å². The number of rotatable bonds is 5. The third-order valence-corrected chi connectivity index (χ3v) is 1.94. The summed E-state index contributed by atoms with van der Waals surface area (Å²) in [5.74, 6) is 0.576. The Labute approximate surface area is 89.6 Å². The largest absolute Gasteiger partial charge is 0.490 e. The molecule has 0 radical (unpaired) electrons. The lowest BCUT2D eigenvalue weighted by Gasteiger charge is -2.08. The third kappa shape index (κ3) is 2.83. The van der Waals surface area contributed by atoms with E-state index in [1.165, 1.54) is 0 Å². The van der Waals surface area contributed by atoms with Crippen molar-refractivity contribution in [2.24, 2.45) is 0 Å². The van der Waals surface area contributed by atoms with Gasteiger partial charge in [0.05, 0.1) is 6.61 Å². The SMILES string of the molecule is C=Cc1cccc(OCCOC)c1C#N. The van der Waals surface area contributed by atoms with E-state index in [2.05, 4.69) is 12.6 Å². The van der Waals surface area contributed by atoms with Gasteiger partial charge in [-0.3, -0.25) is 0 Å². The predicted molar refractivity (Wildman–Crippen MR) is 58.6 cm³/mol. The van der Waals surface area contributed by atoms with Crippen LogP contribution in [0.3, 0.4) is 0 Å². The smallest absolute Gasteiger partial charge is 0.137 e. The number of methoxy groups -OCH3 is 1. The van der Waals surface area contributed by atoms with Crippen LogP contribution in [0, 0.1) is 11.3 Å². The van der Waals surface area contributed by atoms with Gasteiger partial charge in [0.1, 0.15) is 24.0 Å². The zero-order chi connectivity index (χ0) is 11.1. The Morgan fingerprint density at radius 2 is 2.27 bits per heavy atom. The van der Waals surface area contributed by atoms with Crippen LogP contribution < -0.4 is 4.74 Å². The van der Waals surface area contributed by atoms with Gasteiger partial charge >= 0.3 is 0 Å². The normalized spacial score (nSPS) is 9.33. The van der Waals surface area contributed by atoms with Gasteiger partial charge in [-0.15, -0.1) is 0 Å². The molecule has 0 aliphatic carbocycles. The first-order valence-electron chi connectivity index (χ1n) is 4.60. The zero-order valence-corrected chi connectivity index (χ0v) is 8.69. The van der Waals surface area contributed by atoms with Crippen LogP contribution in [0.25, 0.3) is 6.08 Å². The van der Waals surface area contributed by atoms with Gasteiger partial charge in [0.25, 0.3) is 0 Å². The molecule has 0 aliphatic rings. The average Bonchev–Trinajstić information content (AvgIpc) is 2.29. The second kappa shape index (κ2) is 5.84. The Kier molecular flexibility index (Phi) is 4.39. The maximum absolute atomic E-state index is 8.98. The highest BCUT2D eigenvalue weighted by Crippen LogP contribution is 2.22. The first kappa shape index (κ1) is 11.3. The Hall–Kier alpha value is -1.79. The van der Waals surface area contributed by atoms with Crippen LogP contribution in [-0.2, 0) is 4.74 Å². The summed E-state index contributed by atoms with van der Waals surface area (Å²) in [6.45, 7) is 4.59. The van der Waals surface area contributed by atoms with Crippen molar-refractivity contribution < 1.29 is 9.47 Å². The molecule has 0 unspecified atom stereocenters. The Morgan fingerprint density at radius 1 is 1.47 bits per heavy atom. The van der Waals surface area contributed by atoms with Crippen LogP contribution in [-0.4, -0.2) is 20.3 Å². The fourth-order valence-corrected chi connectivity index (χ4v) is 1.19. The van der Waals surface area contributed by atoms with Crippen LogP contribution in [0.4, 0.5) is 0 Å². The lowest BCUT2D eigenvalue weighted by Crippen LogP contribution is -2.05. The molecule has 0 fully saturated rings. The summed E-state index contributed by atoms with van der Waals surface area (Å²) in [6, 6.07) is 7.53. The minimum absolute atomic E-state index is 0.436. The van der Waals surface area contributed by atoms with Gasteiger partial charge < -0.3 is 9.47 Å². The molecular formula is C12H13NO2. The van der Waals surface area contributed by atoms with Crippen molar-refractivity contribution in [3.63, 3.8) is 0 Å². The van der Waals surface area contributed by atoms with E-state index in [1.54, 1.807) is 19.3 Å². The molecule has 1 aromatic rings. The minimum atomic E-state index is 0.436. The summed E-state index contributed by atoms with van der Waals surface area (Å²) >= 11 is 0. The second-order valence-corrected chi connectivity index (χ2v) is 2.88. The summed E-state index contributed by atoms with van der Waals surface area (Å²) in [5.41, 5.74) is 1.30. The maximum Gasteiger partial charge on any atom is 0.137 e. The standard InChI is InChI=1S/C12H13NO2/c1-3-10-5-4-6-12(11(10)9-13)15-8-7-14-2/h3-6H,1,7-8H2,2H3. The first-order chi connectivity index (χ1) is 7.33. The van der Waals surface area contributed by atoms with E-state index in [4.69, 9.17) is 14.7 Å². The fraction of sp³-hybridized carbons (Fsp3) is 0.250. The van der Waals surface area contributed by atoms with Crippen molar-refractivity contribution in [1.82, 2.24) is 0 Å². The number of hydrogen-bond donors (Lipinski definition) is 0. The lowest BCUT2D eigenvalue weighted by molar-refractivity contribution is 0.146. The van der Waals surface area contributed by atoms with Crippen LogP contribution >= 0.6 is 0 Å². The molecule has 0 aliphatic heterocycles. The van der Waals surface area contributed by atoms with Gasteiger partial charge in [0.15, 0.2) is 0 Å². The molecule has 0 bridgehead atoms. The molecule has 0 N–H and O–H groups in total. The van der Waals surface area contributed by atoms with Gasteiger partial charge in [-0.25, -0.2) is 0 Å². The Balaban J connectivity index is 2.87. The molecular weight excluding hydrogens is 190 g/mol. The summed E-state index contributed by atoms with van der Waals surface area (Å²) in [7, 11) is 1.61. The van der Waals surface area contributed by atoms with E-state index >= 15 is 0 Å². The van der Waals surface area contributed by atoms with Crippen molar-refractivity contribution in [1.29, 1.82) is 5.26 Å². The zero-order valence-electron chi connectivity index (χ0n) is 8.69. The van der Waals surface area contributed by atoms with Gasteiger partial charge in [0, 0.05) is 7.11 Å². The van der Waals surface area contributed by atoms with E-state index in [0.717, 1.165) is 5.56 Å². The number of nitrogens with zero attached hydrogens (tertiary/aromatic N) is 1. The molecule has 0 atom stereocenters. The summed E-state index contributed by atoms with van der Waals surface area (Å²) < 4.78 is 10.3. The van der Waals surface area contributed by atoms with Crippen molar-refractivity contribution in [2.75, 3.05) is 20.3 Å². The van der Waals surface area contributed by atoms with Crippen molar-refractivity contribution in [2.45, 2.75) is 0 Å². The molecule has 0 aromatic heterocycles. The number of hydrogen-bond acceptors (Lipinski definition) is 3. The molecule has 1 aromatic carbocycles. The highest BCUT2D eigenvalue weighted by Gasteiger charge is 2.06. The summed E-state index contributed by atoms with van der Waals surface area (Å²) in [6.07, 6.45) is 1.64. The molecule has 0 saturated heterocycles. The predicted octanol–water partition coefficient (Wildman–Crippen LogP) is 2.23.